The molecule has 3 rings (SSSR count). The Bertz CT molecular complexity index is 1260. The van der Waals surface area contributed by atoms with Crippen LogP contribution in [0.25, 0.3) is 6.08 Å². The van der Waals surface area contributed by atoms with Gasteiger partial charge in [-0.3, -0.25) is 4.79 Å². The topological polar surface area (TPSA) is 71.3 Å². The van der Waals surface area contributed by atoms with Crippen LogP contribution in [-0.4, -0.2) is 13.0 Å². The SMILES string of the molecule is COc1cc(/C=C(\C#N)C(=O)Nc2ccc(C)c(C)c2)cc(I)c1OCc1cccc(F)c1. The molecule has 33 heavy (non-hydrogen) atoms. The lowest BCUT2D eigenvalue weighted by atomic mass is 10.1. The minimum Gasteiger partial charge on any atom is -0.493 e. The molecule has 1 N–H and O–H groups in total. The van der Waals surface area contributed by atoms with Crippen molar-refractivity contribution in [3.63, 3.8) is 0 Å². The molecular weight excluding hydrogens is 534 g/mol. The molecule has 0 saturated carbocycles. The summed E-state index contributed by atoms with van der Waals surface area (Å²) in [5, 5.41) is 12.3. The molecule has 0 saturated heterocycles. The van der Waals surface area contributed by atoms with Crippen molar-refractivity contribution in [2.24, 2.45) is 0 Å². The van der Waals surface area contributed by atoms with E-state index in [9.17, 15) is 14.4 Å². The molecule has 0 bridgehead atoms. The number of nitrogens with zero attached hydrogens (tertiary/aromatic N) is 1. The molecular formula is C26H22FIN2O3. The number of rotatable bonds is 7. The molecule has 0 radical (unpaired) electrons. The van der Waals surface area contributed by atoms with Crippen LogP contribution in [0.5, 0.6) is 11.5 Å². The molecule has 0 heterocycles. The van der Waals surface area contributed by atoms with Crippen molar-refractivity contribution in [2.75, 3.05) is 12.4 Å². The predicted molar refractivity (Wildman–Crippen MR) is 135 cm³/mol. The molecule has 7 heteroatoms. The van der Waals surface area contributed by atoms with Gasteiger partial charge in [-0.1, -0.05) is 18.2 Å². The molecule has 1 amide bonds. The fourth-order valence-electron chi connectivity index (χ4n) is 3.08. The number of methoxy groups -OCH3 is 1. The number of halogens is 2. The lowest BCUT2D eigenvalue weighted by molar-refractivity contribution is -0.112. The summed E-state index contributed by atoms with van der Waals surface area (Å²) >= 11 is 2.09. The fourth-order valence-corrected chi connectivity index (χ4v) is 3.86. The smallest absolute Gasteiger partial charge is 0.266 e. The number of hydrogen-bond donors (Lipinski definition) is 1. The molecule has 0 unspecified atom stereocenters. The van der Waals surface area contributed by atoms with Crippen molar-refractivity contribution in [1.82, 2.24) is 0 Å². The summed E-state index contributed by atoms with van der Waals surface area (Å²) in [6.45, 7) is 4.11. The summed E-state index contributed by atoms with van der Waals surface area (Å²) in [4.78, 5) is 12.6. The number of anilines is 1. The number of ether oxygens (including phenoxy) is 2. The molecule has 5 nitrogen and oxygen atoms in total. The van der Waals surface area contributed by atoms with Gasteiger partial charge in [0.2, 0.25) is 0 Å². The van der Waals surface area contributed by atoms with Crippen LogP contribution in [0.15, 0.2) is 60.2 Å². The molecule has 168 valence electrons. The number of carbonyl (C=O) groups excluding carboxylic acids is 1. The van der Waals surface area contributed by atoms with Gasteiger partial charge in [-0.05, 0) is 101 Å². The van der Waals surface area contributed by atoms with Crippen LogP contribution in [-0.2, 0) is 11.4 Å². The van der Waals surface area contributed by atoms with Gasteiger partial charge in [0.15, 0.2) is 11.5 Å². The van der Waals surface area contributed by atoms with E-state index in [0.717, 1.165) is 14.7 Å². The highest BCUT2D eigenvalue weighted by molar-refractivity contribution is 14.1. The summed E-state index contributed by atoms with van der Waals surface area (Å²) < 4.78 is 25.5. The van der Waals surface area contributed by atoms with E-state index < -0.39 is 5.91 Å². The number of carbonyl (C=O) groups is 1. The molecule has 0 aliphatic carbocycles. The van der Waals surface area contributed by atoms with E-state index in [4.69, 9.17) is 9.47 Å². The Hall–Kier alpha value is -3.38. The number of benzene rings is 3. The molecule has 0 aliphatic rings. The van der Waals surface area contributed by atoms with Crippen molar-refractivity contribution in [3.8, 4) is 17.6 Å². The Morgan fingerprint density at radius 2 is 1.94 bits per heavy atom. The van der Waals surface area contributed by atoms with Gasteiger partial charge >= 0.3 is 0 Å². The van der Waals surface area contributed by atoms with E-state index in [1.54, 1.807) is 30.3 Å². The van der Waals surface area contributed by atoms with E-state index in [2.05, 4.69) is 27.9 Å². The lowest BCUT2D eigenvalue weighted by Gasteiger charge is -2.14. The monoisotopic (exact) mass is 556 g/mol. The Morgan fingerprint density at radius 1 is 1.15 bits per heavy atom. The summed E-state index contributed by atoms with van der Waals surface area (Å²) in [7, 11) is 1.51. The molecule has 0 atom stereocenters. The van der Waals surface area contributed by atoms with E-state index in [1.807, 2.05) is 32.0 Å². The number of amides is 1. The number of nitriles is 1. The zero-order valence-electron chi connectivity index (χ0n) is 18.4. The molecule has 3 aromatic rings. The van der Waals surface area contributed by atoms with Gasteiger partial charge in [-0.25, -0.2) is 4.39 Å². The quantitative estimate of drug-likeness (QED) is 0.214. The van der Waals surface area contributed by atoms with Crippen molar-refractivity contribution >= 4 is 40.3 Å². The number of aryl methyl sites for hydroxylation is 2. The molecule has 0 aromatic heterocycles. The zero-order chi connectivity index (χ0) is 24.0. The molecule has 0 spiro atoms. The second-order valence-electron chi connectivity index (χ2n) is 7.38. The Labute approximate surface area is 206 Å². The molecule has 0 aliphatic heterocycles. The van der Waals surface area contributed by atoms with Gasteiger partial charge in [-0.15, -0.1) is 0 Å². The Balaban J connectivity index is 1.82. The zero-order valence-corrected chi connectivity index (χ0v) is 20.6. The average Bonchev–Trinajstić information content (AvgIpc) is 2.78. The largest absolute Gasteiger partial charge is 0.493 e. The highest BCUT2D eigenvalue weighted by atomic mass is 127. The average molecular weight is 556 g/mol. The van der Waals surface area contributed by atoms with Crippen molar-refractivity contribution < 1.29 is 18.7 Å². The maximum absolute atomic E-state index is 13.4. The first-order chi connectivity index (χ1) is 15.8. The van der Waals surface area contributed by atoms with Crippen molar-refractivity contribution in [3.05, 3.63) is 91.8 Å². The minimum atomic E-state index is -0.499. The van der Waals surface area contributed by atoms with Crippen LogP contribution in [0.2, 0.25) is 0 Å². The summed E-state index contributed by atoms with van der Waals surface area (Å²) in [5.41, 5.74) is 4.04. The van der Waals surface area contributed by atoms with Crippen LogP contribution in [0, 0.1) is 34.6 Å². The van der Waals surface area contributed by atoms with Gasteiger partial charge in [0, 0.05) is 5.69 Å². The predicted octanol–water partition coefficient (Wildman–Crippen LogP) is 6.18. The Morgan fingerprint density at radius 3 is 2.61 bits per heavy atom. The fraction of sp³-hybridized carbons (Fsp3) is 0.154. The Kier molecular flexibility index (Phi) is 8.06. The van der Waals surface area contributed by atoms with Crippen LogP contribution >= 0.6 is 22.6 Å². The van der Waals surface area contributed by atoms with Crippen LogP contribution < -0.4 is 14.8 Å². The van der Waals surface area contributed by atoms with E-state index in [0.29, 0.717) is 28.3 Å². The van der Waals surface area contributed by atoms with E-state index >= 15 is 0 Å². The summed E-state index contributed by atoms with van der Waals surface area (Å²) in [6.07, 6.45) is 1.50. The van der Waals surface area contributed by atoms with Crippen molar-refractivity contribution in [1.29, 1.82) is 5.26 Å². The van der Waals surface area contributed by atoms with Gasteiger partial charge in [-0.2, -0.15) is 5.26 Å². The normalized spacial score (nSPS) is 11.0. The second kappa shape index (κ2) is 11.0. The minimum absolute atomic E-state index is 0.0421. The third-order valence-electron chi connectivity index (χ3n) is 4.96. The maximum atomic E-state index is 13.4. The van der Waals surface area contributed by atoms with Gasteiger partial charge in [0.05, 0.1) is 10.7 Å². The first kappa shape index (κ1) is 24.3. The van der Waals surface area contributed by atoms with Crippen molar-refractivity contribution in [2.45, 2.75) is 20.5 Å². The van der Waals surface area contributed by atoms with Gasteiger partial charge < -0.3 is 14.8 Å². The molecule has 0 fully saturated rings. The lowest BCUT2D eigenvalue weighted by Crippen LogP contribution is -2.13. The third-order valence-corrected chi connectivity index (χ3v) is 5.77. The highest BCUT2D eigenvalue weighted by Crippen LogP contribution is 2.35. The first-order valence-corrected chi connectivity index (χ1v) is 11.1. The highest BCUT2D eigenvalue weighted by Gasteiger charge is 2.14. The standard InChI is InChI=1S/C26H22FIN2O3/c1-16-7-8-22(9-17(16)2)30-26(31)20(14-29)10-19-12-23(28)25(24(13-19)32-3)33-15-18-5-4-6-21(27)11-18/h4-13H,15H2,1-3H3,(H,30,31)/b20-10+. The number of nitrogens with one attached hydrogen (secondary N) is 1. The van der Waals surface area contributed by atoms with E-state index in [1.165, 1.54) is 25.3 Å². The summed E-state index contributed by atoms with van der Waals surface area (Å²) in [5.74, 6) is 0.108. The van der Waals surface area contributed by atoms with Crippen LogP contribution in [0.4, 0.5) is 10.1 Å². The van der Waals surface area contributed by atoms with Crippen LogP contribution in [0.1, 0.15) is 22.3 Å². The van der Waals surface area contributed by atoms with E-state index in [-0.39, 0.29) is 18.0 Å². The van der Waals surface area contributed by atoms with Gasteiger partial charge in [0.25, 0.3) is 5.91 Å². The molecule has 3 aromatic carbocycles. The second-order valence-corrected chi connectivity index (χ2v) is 8.54. The van der Waals surface area contributed by atoms with Crippen LogP contribution in [0.3, 0.4) is 0 Å². The maximum Gasteiger partial charge on any atom is 0.266 e. The first-order valence-electron chi connectivity index (χ1n) is 10.1. The number of hydrogen-bond acceptors (Lipinski definition) is 4. The van der Waals surface area contributed by atoms with Gasteiger partial charge in [0.1, 0.15) is 24.1 Å². The summed E-state index contributed by atoms with van der Waals surface area (Å²) in [6, 6.07) is 17.2. The third kappa shape index (κ3) is 6.33.